The van der Waals surface area contributed by atoms with E-state index in [0.29, 0.717) is 42.0 Å². The Hall–Kier alpha value is -3.46. The van der Waals surface area contributed by atoms with Gasteiger partial charge in [0, 0.05) is 18.4 Å². The number of benzene rings is 1. The van der Waals surface area contributed by atoms with Crippen molar-refractivity contribution in [3.8, 4) is 23.0 Å². The molecule has 0 N–H and O–H groups in total. The summed E-state index contributed by atoms with van der Waals surface area (Å²) in [5.41, 5.74) is 0.785. The van der Waals surface area contributed by atoms with Crippen LogP contribution in [0.15, 0.2) is 75.5 Å². The summed E-state index contributed by atoms with van der Waals surface area (Å²) >= 11 is 1.51. The number of nitrogens with zero attached hydrogens (tertiary/aromatic N) is 4. The van der Waals surface area contributed by atoms with E-state index in [-0.39, 0.29) is 6.10 Å². The fraction of sp³-hybridized carbons (Fsp3) is 0.190. The number of furan rings is 1. The first-order chi connectivity index (χ1) is 14.8. The molecule has 0 fully saturated rings. The molecule has 0 saturated heterocycles. The third-order valence-corrected chi connectivity index (χ3v) is 5.53. The first kappa shape index (κ1) is 18.6. The van der Waals surface area contributed by atoms with Gasteiger partial charge in [0.1, 0.15) is 6.61 Å². The highest BCUT2D eigenvalue weighted by atomic mass is 32.2. The number of aromatic nitrogens is 4. The van der Waals surface area contributed by atoms with Gasteiger partial charge in [0.05, 0.1) is 12.0 Å². The summed E-state index contributed by atoms with van der Waals surface area (Å²) in [7, 11) is 0. The molecular weight excluding hydrogens is 404 g/mol. The third kappa shape index (κ3) is 3.59. The highest BCUT2D eigenvalue weighted by molar-refractivity contribution is 7.98. The van der Waals surface area contributed by atoms with Crippen molar-refractivity contribution in [2.75, 3.05) is 6.61 Å². The Morgan fingerprint density at radius 3 is 2.87 bits per heavy atom. The molecule has 5 rings (SSSR count). The van der Waals surface area contributed by atoms with Gasteiger partial charge in [-0.05, 0) is 24.3 Å². The van der Waals surface area contributed by atoms with Crippen molar-refractivity contribution in [1.82, 2.24) is 19.9 Å². The number of fused-ring (bicyclic) bond motifs is 1. The smallest absolute Gasteiger partial charge is 0.202 e. The molecule has 0 bridgehead atoms. The minimum absolute atomic E-state index is 0.348. The fourth-order valence-electron chi connectivity index (χ4n) is 3.15. The van der Waals surface area contributed by atoms with E-state index in [9.17, 15) is 0 Å². The predicted octanol–water partition coefficient (Wildman–Crippen LogP) is 4.52. The van der Waals surface area contributed by atoms with Gasteiger partial charge < -0.3 is 18.4 Å². The van der Waals surface area contributed by atoms with Crippen LogP contribution in [0.5, 0.6) is 11.5 Å². The van der Waals surface area contributed by atoms with E-state index in [1.807, 2.05) is 41.0 Å². The van der Waals surface area contributed by atoms with Gasteiger partial charge in [-0.15, -0.1) is 16.8 Å². The normalized spacial score (nSPS) is 15.3. The molecule has 3 aromatic heterocycles. The molecule has 8 nitrogen and oxygen atoms in total. The minimum atomic E-state index is -0.348. The van der Waals surface area contributed by atoms with Gasteiger partial charge in [-0.25, -0.2) is 0 Å². The van der Waals surface area contributed by atoms with Crippen LogP contribution < -0.4 is 9.47 Å². The number of hydrogen-bond donors (Lipinski definition) is 0. The molecule has 4 aromatic rings. The molecule has 30 heavy (non-hydrogen) atoms. The lowest BCUT2D eigenvalue weighted by atomic mass is 10.2. The summed E-state index contributed by atoms with van der Waals surface area (Å²) in [5.74, 6) is 3.94. The van der Waals surface area contributed by atoms with Gasteiger partial charge in [-0.3, -0.25) is 4.57 Å². The SMILES string of the molecule is C=CCn1c(SCc2cc(-c3ccco3)on2)nnc1[C@H]1COc2ccccc2O1. The molecule has 0 saturated carbocycles. The lowest BCUT2D eigenvalue weighted by Crippen LogP contribution is -2.25. The zero-order valence-corrected chi connectivity index (χ0v) is 16.7. The Labute approximate surface area is 176 Å². The van der Waals surface area contributed by atoms with Crippen LogP contribution >= 0.6 is 11.8 Å². The largest absolute Gasteiger partial charge is 0.485 e. The summed E-state index contributed by atoms with van der Waals surface area (Å²) in [4.78, 5) is 0. The van der Waals surface area contributed by atoms with E-state index < -0.39 is 0 Å². The molecule has 0 radical (unpaired) electrons. The van der Waals surface area contributed by atoms with E-state index in [0.717, 1.165) is 16.6 Å². The van der Waals surface area contributed by atoms with Crippen molar-refractivity contribution in [2.45, 2.75) is 23.6 Å². The van der Waals surface area contributed by atoms with Crippen LogP contribution in [0.1, 0.15) is 17.6 Å². The van der Waals surface area contributed by atoms with E-state index in [1.165, 1.54) is 11.8 Å². The van der Waals surface area contributed by atoms with Gasteiger partial charge in [-0.1, -0.05) is 35.1 Å². The van der Waals surface area contributed by atoms with Crippen LogP contribution in [0.25, 0.3) is 11.5 Å². The summed E-state index contributed by atoms with van der Waals surface area (Å²) in [6.45, 7) is 4.78. The Morgan fingerprint density at radius 2 is 2.03 bits per heavy atom. The Morgan fingerprint density at radius 1 is 1.13 bits per heavy atom. The van der Waals surface area contributed by atoms with Gasteiger partial charge in [0.2, 0.25) is 5.76 Å². The van der Waals surface area contributed by atoms with Crippen molar-refractivity contribution >= 4 is 11.8 Å². The molecule has 1 aliphatic rings. The van der Waals surface area contributed by atoms with Crippen molar-refractivity contribution in [3.63, 3.8) is 0 Å². The standard InChI is InChI=1S/C21H18N4O4S/c1-2-9-25-20(19-12-27-15-6-3-4-7-17(15)28-19)22-23-21(25)30-13-14-11-18(29-24-14)16-8-5-10-26-16/h2-8,10-11,19H,1,9,12-13H2/t19-/m1/s1. The Balaban J connectivity index is 1.33. The molecule has 1 aliphatic heterocycles. The fourth-order valence-corrected chi connectivity index (χ4v) is 3.98. The Kier molecular flexibility index (Phi) is 5.02. The van der Waals surface area contributed by atoms with Crippen molar-refractivity contribution in [3.05, 3.63) is 72.9 Å². The second-order valence-electron chi connectivity index (χ2n) is 6.55. The zero-order valence-electron chi connectivity index (χ0n) is 15.9. The number of allylic oxidation sites excluding steroid dienone is 1. The monoisotopic (exact) mass is 422 g/mol. The molecule has 152 valence electrons. The van der Waals surface area contributed by atoms with E-state index in [1.54, 1.807) is 18.4 Å². The summed E-state index contributed by atoms with van der Waals surface area (Å²) < 4.78 is 24.6. The number of hydrogen-bond acceptors (Lipinski definition) is 8. The van der Waals surface area contributed by atoms with Gasteiger partial charge in [0.25, 0.3) is 0 Å². The van der Waals surface area contributed by atoms with Crippen LogP contribution in [-0.4, -0.2) is 26.5 Å². The molecule has 9 heteroatoms. The molecule has 0 aliphatic carbocycles. The average Bonchev–Trinajstić information content (AvgIpc) is 3.53. The van der Waals surface area contributed by atoms with Gasteiger partial charge in [-0.2, -0.15) is 0 Å². The van der Waals surface area contributed by atoms with E-state index in [4.69, 9.17) is 18.4 Å². The molecule has 0 spiro atoms. The maximum Gasteiger partial charge on any atom is 0.202 e. The summed E-state index contributed by atoms with van der Waals surface area (Å²) in [5, 5.41) is 13.6. The molecule has 0 unspecified atom stereocenters. The lowest BCUT2D eigenvalue weighted by molar-refractivity contribution is 0.0821. The maximum absolute atomic E-state index is 6.10. The van der Waals surface area contributed by atoms with E-state index in [2.05, 4.69) is 21.9 Å². The number of ether oxygens (including phenoxy) is 2. The minimum Gasteiger partial charge on any atom is -0.485 e. The van der Waals surface area contributed by atoms with Gasteiger partial charge in [0.15, 0.2) is 34.3 Å². The zero-order chi connectivity index (χ0) is 20.3. The second kappa shape index (κ2) is 8.11. The summed E-state index contributed by atoms with van der Waals surface area (Å²) in [6.07, 6.45) is 3.06. The third-order valence-electron chi connectivity index (χ3n) is 4.53. The van der Waals surface area contributed by atoms with Crippen LogP contribution in [0.3, 0.4) is 0 Å². The van der Waals surface area contributed by atoms with Crippen molar-refractivity contribution < 1.29 is 18.4 Å². The molecular formula is C21H18N4O4S. The van der Waals surface area contributed by atoms with Crippen LogP contribution in [0.2, 0.25) is 0 Å². The number of thioether (sulfide) groups is 1. The van der Waals surface area contributed by atoms with Crippen LogP contribution in [0, 0.1) is 0 Å². The molecule has 1 aromatic carbocycles. The van der Waals surface area contributed by atoms with Gasteiger partial charge >= 0.3 is 0 Å². The van der Waals surface area contributed by atoms with E-state index >= 15 is 0 Å². The second-order valence-corrected chi connectivity index (χ2v) is 7.50. The average molecular weight is 422 g/mol. The summed E-state index contributed by atoms with van der Waals surface area (Å²) in [6, 6.07) is 13.1. The number of rotatable bonds is 7. The van der Waals surface area contributed by atoms with Crippen molar-refractivity contribution in [2.24, 2.45) is 0 Å². The predicted molar refractivity (Wildman–Crippen MR) is 109 cm³/mol. The molecule has 0 amide bonds. The topological polar surface area (TPSA) is 88.3 Å². The molecule has 1 atom stereocenters. The highest BCUT2D eigenvalue weighted by Crippen LogP contribution is 2.36. The Bertz CT molecular complexity index is 1150. The lowest BCUT2D eigenvalue weighted by Gasteiger charge is -2.26. The quantitative estimate of drug-likeness (QED) is 0.317. The number of para-hydroxylation sites is 2. The first-order valence-corrected chi connectivity index (χ1v) is 10.3. The highest BCUT2D eigenvalue weighted by Gasteiger charge is 2.28. The van der Waals surface area contributed by atoms with Crippen LogP contribution in [0.4, 0.5) is 0 Å². The molecule has 4 heterocycles. The van der Waals surface area contributed by atoms with Crippen LogP contribution in [-0.2, 0) is 12.3 Å². The van der Waals surface area contributed by atoms with Crippen molar-refractivity contribution in [1.29, 1.82) is 0 Å². The first-order valence-electron chi connectivity index (χ1n) is 9.36. The maximum atomic E-state index is 6.10.